The second-order valence-corrected chi connectivity index (χ2v) is 14.0. The van der Waals surface area contributed by atoms with Crippen molar-refractivity contribution in [1.29, 1.82) is 0 Å². The molecule has 0 saturated carbocycles. The summed E-state index contributed by atoms with van der Waals surface area (Å²) in [5.74, 6) is -1.93. The number of carbonyl (C=O) groups excluding carboxylic acids is 3. The molecule has 2 fully saturated rings. The molecule has 46 heavy (non-hydrogen) atoms. The smallest absolute Gasteiger partial charge is 0.411 e. The number of nitrogens with one attached hydrogen (secondary N) is 2. The molecule has 252 valence electrons. The van der Waals surface area contributed by atoms with E-state index in [9.17, 15) is 14.4 Å². The molecule has 16 nitrogen and oxygen atoms in total. The highest BCUT2D eigenvalue weighted by Gasteiger charge is 2.61. The number of likely N-dealkylation sites (tertiary alicyclic amines) is 1. The van der Waals surface area contributed by atoms with Gasteiger partial charge in [0.15, 0.2) is 11.6 Å². The van der Waals surface area contributed by atoms with Gasteiger partial charge in [0.2, 0.25) is 0 Å². The third-order valence-corrected chi connectivity index (χ3v) is 7.58. The molecule has 0 bridgehead atoms. The van der Waals surface area contributed by atoms with E-state index in [4.69, 9.17) is 29.2 Å². The average Bonchev–Trinajstić information content (AvgIpc) is 3.57. The van der Waals surface area contributed by atoms with Crippen LogP contribution in [0.5, 0.6) is 0 Å². The molecule has 2 aromatic heterocycles. The number of nitrogens with zero attached hydrogens (tertiary/aromatic N) is 6. The van der Waals surface area contributed by atoms with Crippen molar-refractivity contribution in [2.45, 2.75) is 123 Å². The lowest BCUT2D eigenvalue weighted by molar-refractivity contribution is -0.172. The third-order valence-electron chi connectivity index (χ3n) is 7.58. The number of aromatic amines is 1. The number of azide groups is 1. The third kappa shape index (κ3) is 7.62. The first-order chi connectivity index (χ1) is 21.4. The number of aromatic nitrogens is 3. The van der Waals surface area contributed by atoms with Crippen LogP contribution in [0.2, 0.25) is 0 Å². The van der Waals surface area contributed by atoms with Crippen molar-refractivity contribution in [3.8, 4) is 0 Å². The van der Waals surface area contributed by atoms with Crippen LogP contribution in [-0.2, 0) is 28.5 Å². The summed E-state index contributed by atoms with van der Waals surface area (Å²) < 4.78 is 29.7. The van der Waals surface area contributed by atoms with Crippen LogP contribution in [0.1, 0.15) is 87.3 Å². The fourth-order valence-electron chi connectivity index (χ4n) is 5.60. The highest BCUT2D eigenvalue weighted by molar-refractivity contribution is 5.88. The van der Waals surface area contributed by atoms with Gasteiger partial charge in [0.25, 0.3) is 0 Å². The summed E-state index contributed by atoms with van der Waals surface area (Å²) in [6.07, 6.45) is 0.556. The van der Waals surface area contributed by atoms with Crippen LogP contribution in [0.15, 0.2) is 17.6 Å². The highest BCUT2D eigenvalue weighted by Crippen LogP contribution is 2.49. The molecule has 0 aromatic carbocycles. The second kappa shape index (κ2) is 12.9. The monoisotopic (exact) mass is 644 g/mol. The summed E-state index contributed by atoms with van der Waals surface area (Å²) in [6, 6.07) is -2.69. The molecule has 0 aliphatic carbocycles. The number of amides is 2. The molecule has 2 aliphatic rings. The largest absolute Gasteiger partial charge is 0.462 e. The summed E-state index contributed by atoms with van der Waals surface area (Å²) in [4.78, 5) is 55.9. The minimum atomic E-state index is -1.04. The van der Waals surface area contributed by atoms with E-state index in [1.807, 2.05) is 13.8 Å². The fourth-order valence-corrected chi connectivity index (χ4v) is 5.60. The zero-order valence-corrected chi connectivity index (χ0v) is 28.0. The van der Waals surface area contributed by atoms with Crippen LogP contribution in [0, 0.1) is 5.92 Å². The average molecular weight is 645 g/mol. The Morgan fingerprint density at radius 1 is 1.13 bits per heavy atom. The van der Waals surface area contributed by atoms with E-state index in [1.165, 1.54) is 11.2 Å². The predicted octanol–water partition coefficient (Wildman–Crippen LogP) is 5.56. The molecule has 16 heteroatoms. The van der Waals surface area contributed by atoms with Crippen molar-refractivity contribution in [2.75, 3.05) is 6.61 Å². The van der Waals surface area contributed by atoms with Crippen molar-refractivity contribution in [3.63, 3.8) is 0 Å². The van der Waals surface area contributed by atoms with E-state index in [0.717, 1.165) is 0 Å². The summed E-state index contributed by atoms with van der Waals surface area (Å²) in [7, 11) is 0. The maximum absolute atomic E-state index is 14.0. The van der Waals surface area contributed by atoms with E-state index in [0.29, 0.717) is 23.0 Å². The minimum Gasteiger partial charge on any atom is -0.462 e. The van der Waals surface area contributed by atoms with Gasteiger partial charge in [-0.25, -0.2) is 24.4 Å². The molecule has 2 N–H and O–H groups in total. The number of rotatable bonds is 8. The molecule has 4 rings (SSSR count). The number of fused-ring (bicyclic) bond motifs is 2. The summed E-state index contributed by atoms with van der Waals surface area (Å²) >= 11 is 0. The van der Waals surface area contributed by atoms with Crippen LogP contribution in [-0.4, -0.2) is 85.9 Å². The van der Waals surface area contributed by atoms with Crippen LogP contribution in [0.3, 0.4) is 0 Å². The first-order valence-electron chi connectivity index (χ1n) is 15.3. The van der Waals surface area contributed by atoms with Gasteiger partial charge in [0.05, 0.1) is 23.1 Å². The van der Waals surface area contributed by atoms with Crippen LogP contribution >= 0.6 is 0 Å². The van der Waals surface area contributed by atoms with Crippen molar-refractivity contribution in [3.05, 3.63) is 28.5 Å². The Morgan fingerprint density at radius 2 is 1.78 bits per heavy atom. The molecule has 0 radical (unpaired) electrons. The minimum absolute atomic E-state index is 0.0834. The van der Waals surface area contributed by atoms with Crippen molar-refractivity contribution >= 4 is 35.0 Å². The Balaban J connectivity index is 1.72. The molecule has 2 aromatic rings. The second-order valence-electron chi connectivity index (χ2n) is 14.0. The standard InChI is InChI=1S/C30H44N8O8/c1-11-15(2)18(35-26(40)45-28(3,4)5)25(39)42-13-17-22-23(44-30(9,10)43-22)21(38(17)27(41)46-29(6,7)8)16-12-32-20-19(16)33-14-34-24(20)36-37-31/h12,14-15,17-18,21-23,32H,11,13H2,1-10H3,(H,35,40)/t15-,17?,18-,21?,22?,23?/m0/s1. The van der Waals surface area contributed by atoms with Gasteiger partial charge in [0.1, 0.15) is 42.4 Å². The van der Waals surface area contributed by atoms with Crippen LogP contribution in [0.4, 0.5) is 15.4 Å². The van der Waals surface area contributed by atoms with E-state index in [-0.39, 0.29) is 18.3 Å². The Labute approximate surface area is 267 Å². The lowest BCUT2D eigenvalue weighted by atomic mass is 9.99. The zero-order chi connectivity index (χ0) is 34.2. The molecule has 2 aliphatic heterocycles. The van der Waals surface area contributed by atoms with Gasteiger partial charge >= 0.3 is 18.2 Å². The number of hydrogen-bond donors (Lipinski definition) is 2. The van der Waals surface area contributed by atoms with Gasteiger partial charge in [0, 0.05) is 16.7 Å². The normalized spacial score (nSPS) is 23.7. The van der Waals surface area contributed by atoms with Gasteiger partial charge in [-0.2, -0.15) is 0 Å². The predicted molar refractivity (Wildman–Crippen MR) is 165 cm³/mol. The van der Waals surface area contributed by atoms with Gasteiger partial charge in [-0.05, 0) is 72.0 Å². The van der Waals surface area contributed by atoms with E-state index < -0.39 is 65.5 Å². The Bertz CT molecular complexity index is 1510. The highest BCUT2D eigenvalue weighted by atomic mass is 16.8. The molecular weight excluding hydrogens is 600 g/mol. The maximum atomic E-state index is 14.0. The van der Waals surface area contributed by atoms with Gasteiger partial charge < -0.3 is 34.0 Å². The van der Waals surface area contributed by atoms with Crippen molar-refractivity contribution < 1.29 is 38.1 Å². The molecule has 4 unspecified atom stereocenters. The number of H-pyrrole nitrogens is 1. The van der Waals surface area contributed by atoms with Gasteiger partial charge in [-0.3, -0.25) is 4.90 Å². The SMILES string of the molecule is CC[C@H](C)[C@H](NC(=O)OC(C)(C)C)C(=O)OCC1C2OC(C)(C)OC2C(c2c[nH]c3c(N=[N+]=[N-])ncnc23)N1C(=O)OC(C)(C)C. The first kappa shape index (κ1) is 34.7. The molecule has 6 atom stereocenters. The molecule has 2 saturated heterocycles. The molecule has 0 spiro atoms. The maximum Gasteiger partial charge on any atom is 0.411 e. The first-order valence-corrected chi connectivity index (χ1v) is 15.3. The quantitative estimate of drug-likeness (QED) is 0.120. The van der Waals surface area contributed by atoms with E-state index >= 15 is 0 Å². The fraction of sp³-hybridized carbons (Fsp3) is 0.700. The number of hydrogen-bond acceptors (Lipinski definition) is 11. The van der Waals surface area contributed by atoms with Crippen LogP contribution < -0.4 is 5.32 Å². The van der Waals surface area contributed by atoms with Gasteiger partial charge in [-0.15, -0.1) is 0 Å². The summed E-state index contributed by atoms with van der Waals surface area (Å²) in [6.45, 7) is 17.3. The van der Waals surface area contributed by atoms with E-state index in [2.05, 4.69) is 30.3 Å². The van der Waals surface area contributed by atoms with Crippen molar-refractivity contribution in [2.24, 2.45) is 11.0 Å². The van der Waals surface area contributed by atoms with Gasteiger partial charge in [-0.1, -0.05) is 20.3 Å². The number of carbonyl (C=O) groups is 3. The Morgan fingerprint density at radius 3 is 2.39 bits per heavy atom. The lowest BCUT2D eigenvalue weighted by Gasteiger charge is -2.35. The Kier molecular flexibility index (Phi) is 9.76. The topological polar surface area (TPSA) is 203 Å². The number of ether oxygens (including phenoxy) is 5. The molecule has 2 amide bonds. The number of alkyl carbamates (subject to hydrolysis) is 1. The van der Waals surface area contributed by atoms with Crippen molar-refractivity contribution in [1.82, 2.24) is 25.2 Å². The zero-order valence-electron chi connectivity index (χ0n) is 28.0. The summed E-state index contributed by atoms with van der Waals surface area (Å²) in [5, 5.41) is 6.29. The van der Waals surface area contributed by atoms with E-state index in [1.54, 1.807) is 61.6 Å². The Hall–Kier alpha value is -4.14. The lowest BCUT2D eigenvalue weighted by Crippen LogP contribution is -2.50. The molecular formula is C30H44N8O8. The summed E-state index contributed by atoms with van der Waals surface area (Å²) in [5.41, 5.74) is 8.71. The molecule has 4 heterocycles. The van der Waals surface area contributed by atoms with Crippen LogP contribution in [0.25, 0.3) is 21.5 Å². The number of esters is 1.